The molecular formula is C31H42N6O6. The molecule has 0 radical (unpaired) electrons. The van der Waals surface area contributed by atoms with Crippen molar-refractivity contribution in [3.05, 3.63) is 47.8 Å². The first kappa shape index (κ1) is 30.5. The number of rotatable bonds is 12. The summed E-state index contributed by atoms with van der Waals surface area (Å²) >= 11 is 0. The maximum absolute atomic E-state index is 13.9. The SMILES string of the molecule is CC[C@@H](CO)NC(=O)C1(c2cccc(NC(=O)[C@@H](NC(=O)c3ccnn3C)C(C3CC3)C3CC3)c2)CCN(C(=O)OC)C1. The minimum absolute atomic E-state index is 0.0467. The van der Waals surface area contributed by atoms with E-state index in [1.165, 1.54) is 16.7 Å². The third-order valence-corrected chi connectivity index (χ3v) is 9.21. The lowest BCUT2D eigenvalue weighted by atomic mass is 9.78. The Kier molecular flexibility index (Phi) is 9.05. The first-order valence-electron chi connectivity index (χ1n) is 15.2. The Balaban J connectivity index is 1.41. The highest BCUT2D eigenvalue weighted by Gasteiger charge is 2.50. The van der Waals surface area contributed by atoms with Crippen LogP contribution in [0.4, 0.5) is 10.5 Å². The Hall–Kier alpha value is -3.93. The molecule has 1 aliphatic heterocycles. The number of aliphatic hydroxyl groups is 1. The third kappa shape index (κ3) is 6.53. The molecule has 232 valence electrons. The summed E-state index contributed by atoms with van der Waals surface area (Å²) in [5.74, 6) is -0.108. The van der Waals surface area contributed by atoms with Gasteiger partial charge in [-0.05, 0) is 80.0 Å². The Morgan fingerprint density at radius 1 is 1.12 bits per heavy atom. The number of likely N-dealkylation sites (tertiary alicyclic amines) is 1. The molecule has 2 aliphatic carbocycles. The van der Waals surface area contributed by atoms with Crippen molar-refractivity contribution in [2.45, 2.75) is 62.9 Å². The van der Waals surface area contributed by atoms with Crippen LogP contribution in [0.1, 0.15) is 61.5 Å². The van der Waals surface area contributed by atoms with Crippen molar-refractivity contribution >= 4 is 29.5 Å². The molecular weight excluding hydrogens is 552 g/mol. The molecule has 1 saturated heterocycles. The van der Waals surface area contributed by atoms with Crippen LogP contribution < -0.4 is 16.0 Å². The second kappa shape index (κ2) is 12.7. The number of nitrogens with one attached hydrogen (secondary N) is 3. The molecule has 4 amide bonds. The van der Waals surface area contributed by atoms with Gasteiger partial charge in [-0.25, -0.2) is 4.79 Å². The first-order valence-corrected chi connectivity index (χ1v) is 15.2. The number of hydrogen-bond donors (Lipinski definition) is 4. The van der Waals surface area contributed by atoms with Gasteiger partial charge in [0, 0.05) is 32.0 Å². The van der Waals surface area contributed by atoms with Gasteiger partial charge in [0.25, 0.3) is 5.91 Å². The number of hydrogen-bond acceptors (Lipinski definition) is 7. The third-order valence-electron chi connectivity index (χ3n) is 9.21. The molecule has 3 aliphatic rings. The Bertz CT molecular complexity index is 1340. The van der Waals surface area contributed by atoms with Crippen LogP contribution in [0, 0.1) is 17.8 Å². The number of nitrogens with zero attached hydrogens (tertiary/aromatic N) is 3. The van der Waals surface area contributed by atoms with Crippen LogP contribution >= 0.6 is 0 Å². The molecule has 12 nitrogen and oxygen atoms in total. The van der Waals surface area contributed by atoms with Crippen molar-refractivity contribution in [3.8, 4) is 0 Å². The highest BCUT2D eigenvalue weighted by atomic mass is 16.5. The Morgan fingerprint density at radius 3 is 2.42 bits per heavy atom. The van der Waals surface area contributed by atoms with Crippen LogP contribution in [0.5, 0.6) is 0 Å². The van der Waals surface area contributed by atoms with Crippen LogP contribution in [0.25, 0.3) is 0 Å². The molecule has 2 aromatic rings. The smallest absolute Gasteiger partial charge is 0.409 e. The van der Waals surface area contributed by atoms with Gasteiger partial charge in [-0.3, -0.25) is 19.1 Å². The minimum atomic E-state index is -1.10. The van der Waals surface area contributed by atoms with E-state index in [1.807, 2.05) is 13.0 Å². The summed E-state index contributed by atoms with van der Waals surface area (Å²) in [5.41, 5.74) is 0.404. The van der Waals surface area contributed by atoms with E-state index >= 15 is 0 Å². The predicted octanol–water partition coefficient (Wildman–Crippen LogP) is 2.19. The number of amides is 4. The average molecular weight is 595 g/mol. The lowest BCUT2D eigenvalue weighted by molar-refractivity contribution is -0.127. The van der Waals surface area contributed by atoms with Crippen molar-refractivity contribution < 1.29 is 29.0 Å². The number of aromatic nitrogens is 2. The van der Waals surface area contributed by atoms with Crippen LogP contribution in [0.15, 0.2) is 36.5 Å². The van der Waals surface area contributed by atoms with E-state index in [-0.39, 0.29) is 36.8 Å². The van der Waals surface area contributed by atoms with Crippen molar-refractivity contribution in [2.75, 3.05) is 32.1 Å². The monoisotopic (exact) mass is 594 g/mol. The van der Waals surface area contributed by atoms with Crippen LogP contribution in [-0.4, -0.2) is 82.5 Å². The van der Waals surface area contributed by atoms with Gasteiger partial charge in [0.2, 0.25) is 11.8 Å². The van der Waals surface area contributed by atoms with Gasteiger partial charge in [-0.2, -0.15) is 5.10 Å². The molecule has 0 bridgehead atoms. The van der Waals surface area contributed by atoms with Crippen molar-refractivity contribution in [2.24, 2.45) is 24.8 Å². The zero-order valence-electron chi connectivity index (χ0n) is 25.0. The number of ether oxygens (including phenoxy) is 1. The van der Waals surface area contributed by atoms with Gasteiger partial charge in [-0.15, -0.1) is 0 Å². The van der Waals surface area contributed by atoms with Gasteiger partial charge in [0.15, 0.2) is 0 Å². The maximum Gasteiger partial charge on any atom is 0.409 e. The second-order valence-electron chi connectivity index (χ2n) is 12.1. The fourth-order valence-electron chi connectivity index (χ4n) is 6.40. The number of methoxy groups -OCH3 is 1. The molecule has 1 aromatic heterocycles. The number of aliphatic hydroxyl groups excluding tert-OH is 1. The second-order valence-corrected chi connectivity index (χ2v) is 12.1. The molecule has 4 N–H and O–H groups in total. The summed E-state index contributed by atoms with van der Waals surface area (Å²) in [7, 11) is 2.99. The lowest BCUT2D eigenvalue weighted by Gasteiger charge is -2.31. The van der Waals surface area contributed by atoms with Crippen molar-refractivity contribution in [1.82, 2.24) is 25.3 Å². The summed E-state index contributed by atoms with van der Waals surface area (Å²) in [6.45, 7) is 2.09. The largest absolute Gasteiger partial charge is 0.453 e. The standard InChI is InChI=1S/C31H42N6O6/c1-4-22(17-38)34-29(41)31(13-15-37(18-31)30(42)43-3)21-6-5-7-23(16-21)33-28(40)26(25(19-8-9-19)20-10-11-20)35-27(39)24-12-14-32-36(24)2/h5-7,12,14,16,19-20,22,25-26,38H,4,8-11,13,15,17-18H2,1-3H3,(H,33,40)(H,34,41)(H,35,39)/t22-,26-,31?/m0/s1. The van der Waals surface area contributed by atoms with E-state index in [4.69, 9.17) is 4.74 Å². The number of aryl methyl sites for hydroxylation is 1. The lowest BCUT2D eigenvalue weighted by Crippen LogP contribution is -2.51. The number of carbonyl (C=O) groups excluding carboxylic acids is 4. The summed E-state index contributed by atoms with van der Waals surface area (Å²) in [6, 6.07) is 7.58. The van der Waals surface area contributed by atoms with Gasteiger partial charge >= 0.3 is 6.09 Å². The minimum Gasteiger partial charge on any atom is -0.453 e. The summed E-state index contributed by atoms with van der Waals surface area (Å²) in [5, 5.41) is 22.8. The zero-order chi connectivity index (χ0) is 30.7. The highest BCUT2D eigenvalue weighted by Crippen LogP contribution is 2.51. The molecule has 1 unspecified atom stereocenters. The van der Waals surface area contributed by atoms with Gasteiger partial charge in [0.1, 0.15) is 11.7 Å². The summed E-state index contributed by atoms with van der Waals surface area (Å²) in [4.78, 5) is 54.8. The van der Waals surface area contributed by atoms with Crippen LogP contribution in [0.2, 0.25) is 0 Å². The molecule has 43 heavy (non-hydrogen) atoms. The molecule has 3 atom stereocenters. The molecule has 12 heteroatoms. The van der Waals surface area contributed by atoms with E-state index in [9.17, 15) is 24.3 Å². The van der Waals surface area contributed by atoms with E-state index < -0.39 is 23.6 Å². The molecule has 2 heterocycles. The van der Waals surface area contributed by atoms with Crippen LogP contribution in [-0.2, 0) is 26.8 Å². The first-order chi connectivity index (χ1) is 20.7. The van der Waals surface area contributed by atoms with E-state index in [1.54, 1.807) is 37.5 Å². The Labute approximate surface area is 251 Å². The van der Waals surface area contributed by atoms with Gasteiger partial charge in [0.05, 0.1) is 25.2 Å². The number of benzene rings is 1. The topological polar surface area (TPSA) is 155 Å². The van der Waals surface area contributed by atoms with Crippen molar-refractivity contribution in [3.63, 3.8) is 0 Å². The average Bonchev–Trinajstić information content (AvgIpc) is 3.94. The molecule has 1 aromatic carbocycles. The van der Waals surface area contributed by atoms with Gasteiger partial charge < -0.3 is 30.7 Å². The van der Waals surface area contributed by atoms with Crippen LogP contribution in [0.3, 0.4) is 0 Å². The van der Waals surface area contributed by atoms with Crippen molar-refractivity contribution in [1.29, 1.82) is 0 Å². The van der Waals surface area contributed by atoms with Gasteiger partial charge in [-0.1, -0.05) is 19.1 Å². The maximum atomic E-state index is 13.9. The fourth-order valence-corrected chi connectivity index (χ4v) is 6.40. The fraction of sp³-hybridized carbons (Fsp3) is 0.581. The normalized spacial score (nSPS) is 21.3. The summed E-state index contributed by atoms with van der Waals surface area (Å²) in [6.07, 6.45) is 6.10. The number of carbonyl (C=O) groups is 4. The molecule has 2 saturated carbocycles. The van der Waals surface area contributed by atoms with E-state index in [0.29, 0.717) is 48.2 Å². The zero-order valence-corrected chi connectivity index (χ0v) is 25.0. The summed E-state index contributed by atoms with van der Waals surface area (Å²) < 4.78 is 6.41. The predicted molar refractivity (Wildman–Crippen MR) is 158 cm³/mol. The molecule has 5 rings (SSSR count). The molecule has 0 spiro atoms. The molecule has 3 fully saturated rings. The van der Waals surface area contributed by atoms with E-state index in [2.05, 4.69) is 21.0 Å². The number of anilines is 1. The quantitative estimate of drug-likeness (QED) is 0.294. The Morgan fingerprint density at radius 2 is 1.84 bits per heavy atom. The van der Waals surface area contributed by atoms with E-state index in [0.717, 1.165) is 25.7 Å². The highest BCUT2D eigenvalue weighted by molar-refractivity contribution is 6.01.